The Labute approximate surface area is 233 Å². The van der Waals surface area contributed by atoms with E-state index in [4.69, 9.17) is 4.98 Å². The van der Waals surface area contributed by atoms with Gasteiger partial charge in [0.2, 0.25) is 0 Å². The van der Waals surface area contributed by atoms with Gasteiger partial charge in [0.15, 0.2) is 0 Å². The highest BCUT2D eigenvalue weighted by molar-refractivity contribution is 6.23. The number of pyridine rings is 1. The minimum absolute atomic E-state index is 1.00. The van der Waals surface area contributed by atoms with Gasteiger partial charge in [-0.05, 0) is 78.8 Å². The molecule has 0 saturated carbocycles. The first-order valence-corrected chi connectivity index (χ1v) is 13.7. The zero-order valence-electron chi connectivity index (χ0n) is 21.9. The summed E-state index contributed by atoms with van der Waals surface area (Å²) in [6.45, 7) is 0. The standard InChI is InChI=1S/C39H25N/c1-2-10-26(11-3-1)27-18-20-29(21-19-27)38-32-15-7-8-16-33(32)39(37-23-22-28-12-6-9-17-36(28)40-37)35-25-31-14-5-4-13-30(31)24-34(35)38/h1-25H. The molecular formula is C39H25N. The van der Waals surface area contributed by atoms with Gasteiger partial charge in [0.1, 0.15) is 0 Å². The van der Waals surface area contributed by atoms with E-state index in [1.807, 2.05) is 0 Å². The zero-order valence-corrected chi connectivity index (χ0v) is 21.9. The quantitative estimate of drug-likeness (QED) is 0.217. The number of hydrogen-bond acceptors (Lipinski definition) is 1. The maximum Gasteiger partial charge on any atom is 0.0722 e. The summed E-state index contributed by atoms with van der Waals surface area (Å²) >= 11 is 0. The van der Waals surface area contributed by atoms with Crippen LogP contribution in [0, 0.1) is 0 Å². The van der Waals surface area contributed by atoms with Gasteiger partial charge in [0.25, 0.3) is 0 Å². The van der Waals surface area contributed by atoms with Crippen LogP contribution in [-0.2, 0) is 0 Å². The Hall–Kier alpha value is -5.27. The molecule has 1 aromatic heterocycles. The molecule has 8 rings (SSSR count). The van der Waals surface area contributed by atoms with Crippen molar-refractivity contribution in [1.82, 2.24) is 4.98 Å². The van der Waals surface area contributed by atoms with Gasteiger partial charge in [-0.25, -0.2) is 4.98 Å². The molecule has 1 heterocycles. The third-order valence-electron chi connectivity index (χ3n) is 8.03. The molecule has 0 saturated heterocycles. The molecule has 40 heavy (non-hydrogen) atoms. The predicted octanol–water partition coefficient (Wildman–Crippen LogP) is 10.7. The molecule has 0 amide bonds. The fourth-order valence-corrected chi connectivity index (χ4v) is 6.12. The van der Waals surface area contributed by atoms with Gasteiger partial charge >= 0.3 is 0 Å². The molecule has 0 unspecified atom stereocenters. The first-order valence-electron chi connectivity index (χ1n) is 13.7. The Balaban J connectivity index is 1.47. The second-order valence-corrected chi connectivity index (χ2v) is 10.4. The summed E-state index contributed by atoms with van der Waals surface area (Å²) < 4.78 is 0. The van der Waals surface area contributed by atoms with E-state index in [9.17, 15) is 0 Å². The molecular weight excluding hydrogens is 482 g/mol. The highest BCUT2D eigenvalue weighted by Crippen LogP contribution is 2.45. The van der Waals surface area contributed by atoms with E-state index in [2.05, 4.69) is 152 Å². The predicted molar refractivity (Wildman–Crippen MR) is 171 cm³/mol. The van der Waals surface area contributed by atoms with Crippen LogP contribution in [0.2, 0.25) is 0 Å². The highest BCUT2D eigenvalue weighted by atomic mass is 14.7. The molecule has 0 radical (unpaired) electrons. The number of aromatic nitrogens is 1. The minimum Gasteiger partial charge on any atom is -0.248 e. The lowest BCUT2D eigenvalue weighted by Crippen LogP contribution is -1.93. The van der Waals surface area contributed by atoms with Crippen LogP contribution in [0.15, 0.2) is 152 Å². The molecule has 0 atom stereocenters. The third kappa shape index (κ3) is 3.67. The maximum absolute atomic E-state index is 5.17. The van der Waals surface area contributed by atoms with E-state index in [1.165, 1.54) is 60.1 Å². The van der Waals surface area contributed by atoms with Crippen LogP contribution >= 0.6 is 0 Å². The van der Waals surface area contributed by atoms with Crippen molar-refractivity contribution in [3.8, 4) is 33.5 Å². The van der Waals surface area contributed by atoms with E-state index in [1.54, 1.807) is 0 Å². The molecule has 186 valence electrons. The van der Waals surface area contributed by atoms with E-state index < -0.39 is 0 Å². The van der Waals surface area contributed by atoms with Crippen molar-refractivity contribution in [2.75, 3.05) is 0 Å². The van der Waals surface area contributed by atoms with Crippen molar-refractivity contribution < 1.29 is 0 Å². The van der Waals surface area contributed by atoms with Crippen LogP contribution in [0.4, 0.5) is 0 Å². The Kier molecular flexibility index (Phi) is 5.21. The number of hydrogen-bond donors (Lipinski definition) is 0. The molecule has 0 aliphatic carbocycles. The van der Waals surface area contributed by atoms with Gasteiger partial charge in [-0.1, -0.05) is 127 Å². The van der Waals surface area contributed by atoms with Crippen LogP contribution in [-0.4, -0.2) is 4.98 Å². The summed E-state index contributed by atoms with van der Waals surface area (Å²) in [6, 6.07) is 54.5. The van der Waals surface area contributed by atoms with Gasteiger partial charge in [-0.2, -0.15) is 0 Å². The highest BCUT2D eigenvalue weighted by Gasteiger charge is 2.18. The number of fused-ring (bicyclic) bond motifs is 4. The lowest BCUT2D eigenvalue weighted by atomic mass is 9.85. The van der Waals surface area contributed by atoms with Gasteiger partial charge in [-0.3, -0.25) is 0 Å². The molecule has 0 N–H and O–H groups in total. The van der Waals surface area contributed by atoms with E-state index in [-0.39, 0.29) is 0 Å². The van der Waals surface area contributed by atoms with E-state index in [0.29, 0.717) is 0 Å². The number of benzene rings is 7. The summed E-state index contributed by atoms with van der Waals surface area (Å²) in [5.41, 5.74) is 8.13. The summed E-state index contributed by atoms with van der Waals surface area (Å²) in [6.07, 6.45) is 0. The van der Waals surface area contributed by atoms with Crippen LogP contribution in [0.3, 0.4) is 0 Å². The van der Waals surface area contributed by atoms with Crippen molar-refractivity contribution in [3.63, 3.8) is 0 Å². The van der Waals surface area contributed by atoms with Gasteiger partial charge in [0, 0.05) is 10.9 Å². The molecule has 8 aromatic rings. The summed E-state index contributed by atoms with van der Waals surface area (Å²) in [5, 5.41) is 8.55. The first-order chi connectivity index (χ1) is 19.8. The molecule has 7 aromatic carbocycles. The molecule has 1 heteroatoms. The van der Waals surface area contributed by atoms with Crippen molar-refractivity contribution in [3.05, 3.63) is 152 Å². The fraction of sp³-hybridized carbons (Fsp3) is 0. The summed E-state index contributed by atoms with van der Waals surface area (Å²) in [7, 11) is 0. The lowest BCUT2D eigenvalue weighted by molar-refractivity contribution is 1.42. The Morgan fingerprint density at radius 1 is 0.325 bits per heavy atom. The summed E-state index contributed by atoms with van der Waals surface area (Å²) in [5.74, 6) is 0. The molecule has 0 fully saturated rings. The zero-order chi connectivity index (χ0) is 26.5. The van der Waals surface area contributed by atoms with E-state index in [0.717, 1.165) is 16.6 Å². The Morgan fingerprint density at radius 3 is 1.57 bits per heavy atom. The van der Waals surface area contributed by atoms with Gasteiger partial charge in [-0.15, -0.1) is 0 Å². The smallest absolute Gasteiger partial charge is 0.0722 e. The second-order valence-electron chi connectivity index (χ2n) is 10.4. The number of rotatable bonds is 3. The van der Waals surface area contributed by atoms with Crippen LogP contribution in [0.5, 0.6) is 0 Å². The van der Waals surface area contributed by atoms with Crippen molar-refractivity contribution in [2.45, 2.75) is 0 Å². The van der Waals surface area contributed by atoms with Crippen LogP contribution in [0.1, 0.15) is 0 Å². The van der Waals surface area contributed by atoms with Crippen LogP contribution in [0.25, 0.3) is 76.7 Å². The second kappa shape index (κ2) is 9.18. The maximum atomic E-state index is 5.17. The molecule has 0 bridgehead atoms. The number of nitrogens with zero attached hydrogens (tertiary/aromatic N) is 1. The van der Waals surface area contributed by atoms with Crippen molar-refractivity contribution in [1.29, 1.82) is 0 Å². The minimum atomic E-state index is 1.00. The largest absolute Gasteiger partial charge is 0.248 e. The average Bonchev–Trinajstić information content (AvgIpc) is 3.03. The molecule has 0 spiro atoms. The lowest BCUT2D eigenvalue weighted by Gasteiger charge is -2.18. The average molecular weight is 508 g/mol. The van der Waals surface area contributed by atoms with Crippen molar-refractivity contribution in [2.24, 2.45) is 0 Å². The van der Waals surface area contributed by atoms with E-state index >= 15 is 0 Å². The summed E-state index contributed by atoms with van der Waals surface area (Å²) in [4.78, 5) is 5.17. The topological polar surface area (TPSA) is 12.9 Å². The normalized spacial score (nSPS) is 11.5. The third-order valence-corrected chi connectivity index (χ3v) is 8.03. The van der Waals surface area contributed by atoms with Gasteiger partial charge in [0.05, 0.1) is 11.2 Å². The fourth-order valence-electron chi connectivity index (χ4n) is 6.12. The van der Waals surface area contributed by atoms with Gasteiger partial charge < -0.3 is 0 Å². The molecule has 0 aliphatic rings. The molecule has 1 nitrogen and oxygen atoms in total. The Bertz CT molecular complexity index is 2190. The monoisotopic (exact) mass is 507 g/mol. The SMILES string of the molecule is c1ccc(-c2ccc(-c3c4ccccc4c(-c4ccc5ccccc5n4)c4cc5ccccc5cc34)cc2)cc1. The first kappa shape index (κ1) is 22.7. The Morgan fingerprint density at radius 2 is 0.850 bits per heavy atom. The number of para-hydroxylation sites is 1. The van der Waals surface area contributed by atoms with Crippen molar-refractivity contribution >= 4 is 43.2 Å². The van der Waals surface area contributed by atoms with Crippen LogP contribution < -0.4 is 0 Å². The molecule has 0 aliphatic heterocycles.